The van der Waals surface area contributed by atoms with Crippen molar-refractivity contribution >= 4 is 31.2 Å². The molecule has 0 saturated heterocycles. The second-order valence-electron chi connectivity index (χ2n) is 2.35. The highest BCUT2D eigenvalue weighted by Crippen LogP contribution is 2.35. The molecule has 0 bridgehead atoms. The van der Waals surface area contributed by atoms with E-state index in [-0.39, 0.29) is 6.42 Å². The molecule has 0 radical (unpaired) electrons. The van der Waals surface area contributed by atoms with Gasteiger partial charge in [0.25, 0.3) is 0 Å². The molecule has 0 aliphatic heterocycles. The minimum absolute atomic E-state index is 0.0600. The number of carbonyl (C=O) groups excluding carboxylic acids is 2. The third-order valence-electron chi connectivity index (χ3n) is 1.21. The first-order valence-electron chi connectivity index (χ1n) is 3.62. The number of ketones is 2. The van der Waals surface area contributed by atoms with Crippen molar-refractivity contribution in [3.8, 4) is 0 Å². The molecule has 0 amide bonds. The number of phosphoric acid groups is 1. The van der Waals surface area contributed by atoms with E-state index in [0.717, 1.165) is 0 Å². The average Bonchev–Trinajstić information content (AvgIpc) is 2.09. The van der Waals surface area contributed by atoms with Gasteiger partial charge in [0, 0.05) is 12.2 Å². The van der Waals surface area contributed by atoms with Crippen molar-refractivity contribution in [2.75, 3.05) is 18.6 Å². The number of rotatable bonds is 7. The van der Waals surface area contributed by atoms with Crippen LogP contribution in [0.25, 0.3) is 0 Å². The molecule has 0 fully saturated rings. The summed E-state index contributed by atoms with van der Waals surface area (Å²) in [4.78, 5) is 38.3. The van der Waals surface area contributed by atoms with Gasteiger partial charge in [-0.2, -0.15) is 11.8 Å². The molecule has 0 atom stereocenters. The number of hydrogen-bond donors (Lipinski definition) is 2. The maximum absolute atomic E-state index is 10.9. The van der Waals surface area contributed by atoms with Crippen LogP contribution in [0.15, 0.2) is 0 Å². The van der Waals surface area contributed by atoms with Gasteiger partial charge in [-0.05, 0) is 6.26 Å². The van der Waals surface area contributed by atoms with E-state index in [4.69, 9.17) is 9.79 Å². The number of thioether (sulfide) groups is 1. The molecule has 0 saturated carbocycles. The van der Waals surface area contributed by atoms with Gasteiger partial charge >= 0.3 is 7.82 Å². The molecule has 2 N–H and O–H groups in total. The summed E-state index contributed by atoms with van der Waals surface area (Å²) < 4.78 is 14.1. The Hall–Kier alpha value is -0.200. The van der Waals surface area contributed by atoms with E-state index in [0.29, 0.717) is 5.75 Å². The molecule has 6 nitrogen and oxygen atoms in total. The van der Waals surface area contributed by atoms with Crippen molar-refractivity contribution in [3.05, 3.63) is 0 Å². The zero-order chi connectivity index (χ0) is 11.2. The molecule has 8 heteroatoms. The summed E-state index contributed by atoms with van der Waals surface area (Å²) in [7, 11) is -4.66. The largest absolute Gasteiger partial charge is 0.470 e. The highest BCUT2D eigenvalue weighted by Gasteiger charge is 2.20. The Morgan fingerprint density at radius 1 is 1.36 bits per heavy atom. The van der Waals surface area contributed by atoms with Crippen LogP contribution in [0.4, 0.5) is 0 Å². The van der Waals surface area contributed by atoms with Crippen molar-refractivity contribution < 1.29 is 28.5 Å². The first-order chi connectivity index (χ1) is 6.37. The van der Waals surface area contributed by atoms with Crippen LogP contribution >= 0.6 is 19.6 Å². The van der Waals surface area contributed by atoms with Crippen LogP contribution < -0.4 is 0 Å². The predicted molar refractivity (Wildman–Crippen MR) is 51.0 cm³/mol. The highest BCUT2D eigenvalue weighted by atomic mass is 32.2. The van der Waals surface area contributed by atoms with Crippen LogP contribution in [-0.2, 0) is 18.7 Å². The molecular weight excluding hydrogens is 231 g/mol. The van der Waals surface area contributed by atoms with E-state index in [9.17, 15) is 14.2 Å². The highest BCUT2D eigenvalue weighted by molar-refractivity contribution is 7.98. The van der Waals surface area contributed by atoms with Gasteiger partial charge in [0.15, 0.2) is 0 Å². The fourth-order valence-corrected chi connectivity index (χ4v) is 1.23. The van der Waals surface area contributed by atoms with E-state index >= 15 is 0 Å². The fraction of sp³-hybridized carbons (Fsp3) is 0.667. The second kappa shape index (κ2) is 6.31. The van der Waals surface area contributed by atoms with Crippen LogP contribution in [-0.4, -0.2) is 40.0 Å². The Balaban J connectivity index is 3.85. The summed E-state index contributed by atoms with van der Waals surface area (Å²) in [6, 6.07) is 0. The summed E-state index contributed by atoms with van der Waals surface area (Å²) >= 11 is 1.40. The van der Waals surface area contributed by atoms with Crippen LogP contribution in [0.2, 0.25) is 0 Å². The third-order valence-corrected chi connectivity index (χ3v) is 2.29. The topological polar surface area (TPSA) is 101 Å². The standard InChI is InChI=1S/C6H11O6PS/c1-14-3-2-5(7)6(8)4-12-13(9,10)11/h2-4H2,1H3,(H2,9,10,11). The zero-order valence-corrected chi connectivity index (χ0v) is 9.22. The van der Waals surface area contributed by atoms with Crippen molar-refractivity contribution in [2.24, 2.45) is 0 Å². The first kappa shape index (κ1) is 13.8. The van der Waals surface area contributed by atoms with Gasteiger partial charge in [0.05, 0.1) is 0 Å². The zero-order valence-electron chi connectivity index (χ0n) is 7.50. The average molecular weight is 242 g/mol. The normalized spacial score (nSPS) is 11.4. The van der Waals surface area contributed by atoms with Gasteiger partial charge in [0.2, 0.25) is 11.6 Å². The van der Waals surface area contributed by atoms with E-state index in [2.05, 4.69) is 4.52 Å². The Labute approximate surface area is 85.3 Å². The van der Waals surface area contributed by atoms with Crippen LogP contribution in [0.1, 0.15) is 6.42 Å². The molecule has 0 aromatic rings. The SMILES string of the molecule is CSCCC(=O)C(=O)COP(=O)(O)O. The molecule has 14 heavy (non-hydrogen) atoms. The molecule has 82 valence electrons. The smallest absolute Gasteiger partial charge is 0.303 e. The fourth-order valence-electron chi connectivity index (χ4n) is 0.557. The number of Topliss-reactive ketones (excluding diaryl/α,β-unsaturated/α-hetero) is 2. The van der Waals surface area contributed by atoms with Crippen molar-refractivity contribution in [3.63, 3.8) is 0 Å². The number of phosphoric ester groups is 1. The van der Waals surface area contributed by atoms with E-state index in [1.54, 1.807) is 6.26 Å². The third kappa shape index (κ3) is 7.23. The van der Waals surface area contributed by atoms with Gasteiger partial charge in [-0.15, -0.1) is 0 Å². The lowest BCUT2D eigenvalue weighted by Gasteiger charge is -2.03. The maximum atomic E-state index is 10.9. The van der Waals surface area contributed by atoms with Gasteiger partial charge in [-0.1, -0.05) is 0 Å². The maximum Gasteiger partial charge on any atom is 0.470 e. The van der Waals surface area contributed by atoms with Gasteiger partial charge in [-0.3, -0.25) is 14.1 Å². The number of carbonyl (C=O) groups is 2. The number of hydrogen-bond acceptors (Lipinski definition) is 5. The molecular formula is C6H11O6PS. The summed E-state index contributed by atoms with van der Waals surface area (Å²) in [6.45, 7) is -0.864. The van der Waals surface area contributed by atoms with Crippen LogP contribution in [0.5, 0.6) is 0 Å². The molecule has 0 aromatic carbocycles. The van der Waals surface area contributed by atoms with E-state index in [1.165, 1.54) is 11.8 Å². The lowest BCUT2D eigenvalue weighted by atomic mass is 10.2. The quantitative estimate of drug-likeness (QED) is 0.478. The molecule has 0 heterocycles. The van der Waals surface area contributed by atoms with Gasteiger partial charge in [-0.25, -0.2) is 4.57 Å². The summed E-state index contributed by atoms with van der Waals surface area (Å²) in [5.41, 5.74) is 0. The summed E-state index contributed by atoms with van der Waals surface area (Å²) in [5.74, 6) is -1.09. The molecule has 0 aliphatic carbocycles. The van der Waals surface area contributed by atoms with Gasteiger partial charge < -0.3 is 9.79 Å². The Kier molecular flexibility index (Phi) is 6.22. The van der Waals surface area contributed by atoms with E-state index in [1.807, 2.05) is 0 Å². The second-order valence-corrected chi connectivity index (χ2v) is 4.58. The van der Waals surface area contributed by atoms with Gasteiger partial charge in [0.1, 0.15) is 6.61 Å². The minimum atomic E-state index is -4.66. The van der Waals surface area contributed by atoms with Crippen molar-refractivity contribution in [2.45, 2.75) is 6.42 Å². The Morgan fingerprint density at radius 2 is 1.93 bits per heavy atom. The first-order valence-corrected chi connectivity index (χ1v) is 6.54. The molecule has 0 spiro atoms. The lowest BCUT2D eigenvalue weighted by Crippen LogP contribution is -2.19. The molecule has 0 aromatic heterocycles. The Bertz CT molecular complexity index is 259. The molecule has 0 aliphatic rings. The van der Waals surface area contributed by atoms with Crippen LogP contribution in [0, 0.1) is 0 Å². The minimum Gasteiger partial charge on any atom is -0.303 e. The van der Waals surface area contributed by atoms with Crippen molar-refractivity contribution in [1.82, 2.24) is 0 Å². The van der Waals surface area contributed by atoms with E-state index < -0.39 is 26.0 Å². The van der Waals surface area contributed by atoms with Crippen molar-refractivity contribution in [1.29, 1.82) is 0 Å². The molecule has 0 rings (SSSR count). The predicted octanol–water partition coefficient (Wildman–Crippen LogP) is -0.0130. The molecule has 0 unspecified atom stereocenters. The summed E-state index contributed by atoms with van der Waals surface area (Å²) in [5, 5.41) is 0. The Morgan fingerprint density at radius 3 is 2.36 bits per heavy atom. The lowest BCUT2D eigenvalue weighted by molar-refractivity contribution is -0.137. The monoisotopic (exact) mass is 242 g/mol. The van der Waals surface area contributed by atoms with Crippen LogP contribution in [0.3, 0.4) is 0 Å². The summed E-state index contributed by atoms with van der Waals surface area (Å²) in [6.07, 6.45) is 1.84.